The summed E-state index contributed by atoms with van der Waals surface area (Å²) in [6.07, 6.45) is 2.04. The second kappa shape index (κ2) is 6.56. The van der Waals surface area contributed by atoms with E-state index in [1.165, 1.54) is 21.9 Å². The van der Waals surface area contributed by atoms with Crippen molar-refractivity contribution in [2.75, 3.05) is 0 Å². The van der Waals surface area contributed by atoms with Crippen molar-refractivity contribution in [1.29, 1.82) is 0 Å². The molecule has 0 aliphatic carbocycles. The summed E-state index contributed by atoms with van der Waals surface area (Å²) in [5, 5.41) is 2.69. The molecule has 1 radical (unpaired) electrons. The van der Waals surface area contributed by atoms with Gasteiger partial charge in [-0.1, -0.05) is 63.2 Å². The van der Waals surface area contributed by atoms with E-state index in [1.54, 1.807) is 0 Å². The van der Waals surface area contributed by atoms with Crippen LogP contribution in [0.4, 0.5) is 0 Å². The topological polar surface area (TPSA) is 0 Å². The maximum Gasteiger partial charge on any atom is 0 e. The third-order valence-electron chi connectivity index (χ3n) is 3.44. The SMILES string of the molecule is C=CC(C)c1c(C(C)C)ccc2ccccc12.[Na]. The molecule has 0 bridgehead atoms. The van der Waals surface area contributed by atoms with E-state index in [1.807, 2.05) is 6.08 Å². The normalized spacial score (nSPS) is 12.2. The number of hydrogen-bond donors (Lipinski definition) is 0. The molecule has 1 unspecified atom stereocenters. The summed E-state index contributed by atoms with van der Waals surface area (Å²) in [5.41, 5.74) is 2.88. The van der Waals surface area contributed by atoms with Crippen LogP contribution in [-0.2, 0) is 0 Å². The molecule has 2 rings (SSSR count). The van der Waals surface area contributed by atoms with Crippen molar-refractivity contribution in [2.45, 2.75) is 32.6 Å². The van der Waals surface area contributed by atoms with Crippen molar-refractivity contribution >= 4 is 40.3 Å². The number of allylic oxidation sites excluding steroid dienone is 1. The first kappa shape index (κ1) is 15.5. The van der Waals surface area contributed by atoms with Crippen LogP contribution in [0.1, 0.15) is 43.7 Å². The Kier molecular flexibility index (Phi) is 5.65. The third-order valence-corrected chi connectivity index (χ3v) is 3.44. The van der Waals surface area contributed by atoms with Crippen LogP contribution >= 0.6 is 0 Å². The predicted molar refractivity (Wildman–Crippen MR) is 82.4 cm³/mol. The summed E-state index contributed by atoms with van der Waals surface area (Å²) < 4.78 is 0. The molecule has 1 atom stereocenters. The molecular formula is C17H20Na. The van der Waals surface area contributed by atoms with Gasteiger partial charge in [-0.15, -0.1) is 6.58 Å². The van der Waals surface area contributed by atoms with Gasteiger partial charge in [0.2, 0.25) is 0 Å². The summed E-state index contributed by atoms with van der Waals surface area (Å²) >= 11 is 0. The molecule has 0 saturated heterocycles. The molecule has 0 N–H and O–H groups in total. The van der Waals surface area contributed by atoms with E-state index in [-0.39, 0.29) is 29.6 Å². The Bertz CT molecular complexity index is 540. The molecule has 0 fully saturated rings. The number of rotatable bonds is 3. The summed E-state index contributed by atoms with van der Waals surface area (Å²) in [5.74, 6) is 0.954. The number of fused-ring (bicyclic) bond motifs is 1. The Morgan fingerprint density at radius 2 is 1.67 bits per heavy atom. The maximum atomic E-state index is 3.94. The fraction of sp³-hybridized carbons (Fsp3) is 0.294. The molecule has 2 aromatic rings. The molecule has 2 aromatic carbocycles. The van der Waals surface area contributed by atoms with Crippen LogP contribution in [-0.4, -0.2) is 29.6 Å². The van der Waals surface area contributed by atoms with Crippen molar-refractivity contribution < 1.29 is 0 Å². The summed E-state index contributed by atoms with van der Waals surface area (Å²) in [7, 11) is 0. The number of benzene rings is 2. The second-order valence-electron chi connectivity index (χ2n) is 4.97. The van der Waals surface area contributed by atoms with Crippen LogP contribution in [0, 0.1) is 0 Å². The van der Waals surface area contributed by atoms with Gasteiger partial charge in [-0.3, -0.25) is 0 Å². The van der Waals surface area contributed by atoms with Crippen LogP contribution in [0.5, 0.6) is 0 Å². The van der Waals surface area contributed by atoms with Crippen molar-refractivity contribution in [2.24, 2.45) is 0 Å². The van der Waals surface area contributed by atoms with Crippen LogP contribution in [0.2, 0.25) is 0 Å². The van der Waals surface area contributed by atoms with E-state index in [4.69, 9.17) is 0 Å². The zero-order valence-electron chi connectivity index (χ0n) is 11.9. The first-order valence-electron chi connectivity index (χ1n) is 6.29. The van der Waals surface area contributed by atoms with E-state index >= 15 is 0 Å². The molecule has 89 valence electrons. The minimum atomic E-state index is 0. The van der Waals surface area contributed by atoms with Crippen LogP contribution < -0.4 is 0 Å². The molecule has 0 aromatic heterocycles. The monoisotopic (exact) mass is 247 g/mol. The molecule has 0 spiro atoms. The van der Waals surface area contributed by atoms with Crippen molar-refractivity contribution in [3.05, 3.63) is 60.2 Å². The van der Waals surface area contributed by atoms with Crippen molar-refractivity contribution in [3.63, 3.8) is 0 Å². The van der Waals surface area contributed by atoms with Gasteiger partial charge >= 0.3 is 0 Å². The maximum absolute atomic E-state index is 3.94. The van der Waals surface area contributed by atoms with E-state index in [9.17, 15) is 0 Å². The molecule has 0 nitrogen and oxygen atoms in total. The summed E-state index contributed by atoms with van der Waals surface area (Å²) in [6, 6.07) is 13.1. The molecular weight excluding hydrogens is 227 g/mol. The van der Waals surface area contributed by atoms with Gasteiger partial charge in [0.1, 0.15) is 0 Å². The molecule has 18 heavy (non-hydrogen) atoms. The van der Waals surface area contributed by atoms with Gasteiger partial charge in [-0.25, -0.2) is 0 Å². The van der Waals surface area contributed by atoms with Gasteiger partial charge in [0, 0.05) is 29.6 Å². The summed E-state index contributed by atoms with van der Waals surface area (Å²) in [4.78, 5) is 0. The first-order chi connectivity index (χ1) is 8.15. The van der Waals surface area contributed by atoms with Crippen molar-refractivity contribution in [3.8, 4) is 0 Å². The minimum absolute atomic E-state index is 0. The zero-order chi connectivity index (χ0) is 12.4. The van der Waals surface area contributed by atoms with Crippen LogP contribution in [0.15, 0.2) is 49.1 Å². The summed E-state index contributed by atoms with van der Waals surface area (Å²) in [6.45, 7) is 10.7. The fourth-order valence-electron chi connectivity index (χ4n) is 2.44. The molecule has 0 saturated carbocycles. The molecule has 1 heteroatoms. The van der Waals surface area contributed by atoms with Gasteiger partial charge in [0.05, 0.1) is 0 Å². The number of hydrogen-bond acceptors (Lipinski definition) is 0. The van der Waals surface area contributed by atoms with E-state index in [2.05, 4.69) is 63.7 Å². The molecule has 0 aliphatic heterocycles. The minimum Gasteiger partial charge on any atom is -0.102 e. The zero-order valence-corrected chi connectivity index (χ0v) is 13.9. The van der Waals surface area contributed by atoms with Gasteiger partial charge in [-0.05, 0) is 33.7 Å². The smallest absolute Gasteiger partial charge is 0 e. The Labute approximate surface area is 132 Å². The van der Waals surface area contributed by atoms with E-state index in [0.29, 0.717) is 11.8 Å². The molecule has 0 aliphatic rings. The quantitative estimate of drug-likeness (QED) is 0.536. The predicted octanol–water partition coefficient (Wildman–Crippen LogP) is 4.87. The Morgan fingerprint density at radius 3 is 2.28 bits per heavy atom. The molecule has 0 amide bonds. The van der Waals surface area contributed by atoms with E-state index < -0.39 is 0 Å². The fourth-order valence-corrected chi connectivity index (χ4v) is 2.44. The Balaban J connectivity index is 0.00000162. The standard InChI is InChI=1S/C17H20.Na/c1-5-13(4)17-15(12(2)3)11-10-14-8-6-7-9-16(14)17;/h5-13H,1H2,2-4H3;. The Morgan fingerprint density at radius 1 is 1.00 bits per heavy atom. The third kappa shape index (κ3) is 2.88. The largest absolute Gasteiger partial charge is 0.102 e. The van der Waals surface area contributed by atoms with Gasteiger partial charge in [0.25, 0.3) is 0 Å². The van der Waals surface area contributed by atoms with Crippen LogP contribution in [0.3, 0.4) is 0 Å². The average Bonchev–Trinajstić information content (AvgIpc) is 2.36. The van der Waals surface area contributed by atoms with Crippen LogP contribution in [0.25, 0.3) is 10.8 Å². The first-order valence-corrected chi connectivity index (χ1v) is 6.29. The van der Waals surface area contributed by atoms with E-state index in [0.717, 1.165) is 0 Å². The second-order valence-corrected chi connectivity index (χ2v) is 4.97. The van der Waals surface area contributed by atoms with Gasteiger partial charge < -0.3 is 0 Å². The van der Waals surface area contributed by atoms with Crippen molar-refractivity contribution in [1.82, 2.24) is 0 Å². The Hall–Kier alpha value is -0.560. The average molecular weight is 247 g/mol. The molecule has 0 heterocycles. The van der Waals surface area contributed by atoms with Gasteiger partial charge in [-0.2, -0.15) is 0 Å². The van der Waals surface area contributed by atoms with Gasteiger partial charge in [0.15, 0.2) is 0 Å².